The van der Waals surface area contributed by atoms with Gasteiger partial charge in [0.1, 0.15) is 11.5 Å². The fourth-order valence-corrected chi connectivity index (χ4v) is 2.97. The second kappa shape index (κ2) is 8.85. The number of anilines is 1. The lowest BCUT2D eigenvalue weighted by molar-refractivity contribution is -0.115. The molecule has 1 N–H and O–H groups in total. The van der Waals surface area contributed by atoms with Gasteiger partial charge in [0.25, 0.3) is 0 Å². The lowest BCUT2D eigenvalue weighted by Gasteiger charge is -2.14. The highest BCUT2D eigenvalue weighted by Gasteiger charge is 2.14. The molecule has 0 bridgehead atoms. The molecule has 2 aromatic rings. The van der Waals surface area contributed by atoms with E-state index in [0.29, 0.717) is 22.2 Å². The van der Waals surface area contributed by atoms with Gasteiger partial charge >= 0.3 is 0 Å². The van der Waals surface area contributed by atoms with E-state index >= 15 is 0 Å². The highest BCUT2D eigenvalue weighted by atomic mass is 35.5. The molecule has 0 aliphatic heterocycles. The van der Waals surface area contributed by atoms with Gasteiger partial charge in [0, 0.05) is 34.7 Å². The molecule has 4 nitrogen and oxygen atoms in total. The van der Waals surface area contributed by atoms with Gasteiger partial charge in [0.15, 0.2) is 0 Å². The molecule has 0 heterocycles. The Kier molecular flexibility index (Phi) is 6.82. The molecule has 0 fully saturated rings. The maximum absolute atomic E-state index is 12.4. The van der Waals surface area contributed by atoms with Crippen LogP contribution in [0.2, 0.25) is 5.02 Å². The van der Waals surface area contributed by atoms with E-state index in [-0.39, 0.29) is 11.2 Å². The number of carbonyl (C=O) groups is 1. The zero-order valence-corrected chi connectivity index (χ0v) is 15.4. The van der Waals surface area contributed by atoms with Crippen molar-refractivity contribution >= 4 is 35.0 Å². The monoisotopic (exact) mass is 365 g/mol. The van der Waals surface area contributed by atoms with Crippen LogP contribution in [0.1, 0.15) is 12.5 Å². The number of ether oxygens (including phenoxy) is 2. The second-order valence-electron chi connectivity index (χ2n) is 5.17. The van der Waals surface area contributed by atoms with Crippen molar-refractivity contribution in [1.82, 2.24) is 0 Å². The van der Waals surface area contributed by atoms with Crippen LogP contribution >= 0.6 is 23.4 Å². The highest BCUT2D eigenvalue weighted by molar-refractivity contribution is 7.99. The van der Waals surface area contributed by atoms with Crippen molar-refractivity contribution in [2.45, 2.75) is 17.9 Å². The minimum Gasteiger partial charge on any atom is -0.497 e. The Balaban J connectivity index is 1.94. The number of thioether (sulfide) groups is 1. The van der Waals surface area contributed by atoms with Crippen LogP contribution in [0, 0.1) is 0 Å². The predicted molar refractivity (Wildman–Crippen MR) is 100 cm³/mol. The molecule has 0 saturated carbocycles. The molecule has 0 radical (unpaired) electrons. The fourth-order valence-electron chi connectivity index (χ4n) is 2.00. The Morgan fingerprint density at radius 2 is 1.71 bits per heavy atom. The molecule has 0 aromatic heterocycles. The molecule has 1 atom stereocenters. The molecule has 0 spiro atoms. The second-order valence-corrected chi connectivity index (χ2v) is 6.94. The van der Waals surface area contributed by atoms with Crippen molar-refractivity contribution in [1.29, 1.82) is 0 Å². The number of benzene rings is 2. The third kappa shape index (κ3) is 5.35. The minimum atomic E-state index is -0.196. The van der Waals surface area contributed by atoms with E-state index < -0.39 is 0 Å². The first kappa shape index (κ1) is 18.5. The Bertz CT molecular complexity index is 669. The van der Waals surface area contributed by atoms with Crippen molar-refractivity contribution in [3.8, 4) is 11.5 Å². The van der Waals surface area contributed by atoms with Crippen LogP contribution in [0.25, 0.3) is 0 Å². The summed E-state index contributed by atoms with van der Waals surface area (Å²) in [6, 6.07) is 12.9. The number of hydrogen-bond acceptors (Lipinski definition) is 4. The Morgan fingerprint density at radius 3 is 2.25 bits per heavy atom. The maximum atomic E-state index is 12.4. The standard InChI is InChI=1S/C18H20ClNO3S/c1-12(24-11-13-4-6-14(19)7-5-13)18(21)20-15-8-16(22-2)10-17(9-15)23-3/h4-10,12H,11H2,1-3H3,(H,20,21)/t12-/m0/s1. The van der Waals surface area contributed by atoms with E-state index in [1.807, 2.05) is 31.2 Å². The van der Waals surface area contributed by atoms with Gasteiger partial charge < -0.3 is 14.8 Å². The van der Waals surface area contributed by atoms with Gasteiger partial charge in [-0.25, -0.2) is 0 Å². The first-order valence-corrected chi connectivity index (χ1v) is 8.84. The summed E-state index contributed by atoms with van der Waals surface area (Å²) >= 11 is 7.44. The van der Waals surface area contributed by atoms with E-state index in [2.05, 4.69) is 5.32 Å². The zero-order valence-electron chi connectivity index (χ0n) is 13.8. The van der Waals surface area contributed by atoms with Crippen LogP contribution in [0.15, 0.2) is 42.5 Å². The van der Waals surface area contributed by atoms with Crippen molar-refractivity contribution < 1.29 is 14.3 Å². The third-order valence-corrected chi connectivity index (χ3v) is 4.87. The molecule has 0 saturated heterocycles. The first-order chi connectivity index (χ1) is 11.5. The van der Waals surface area contributed by atoms with E-state index in [1.54, 1.807) is 44.2 Å². The molecule has 0 unspecified atom stereocenters. The number of nitrogens with one attached hydrogen (secondary N) is 1. The molecule has 0 aliphatic rings. The third-order valence-electron chi connectivity index (χ3n) is 3.40. The normalized spacial score (nSPS) is 11.7. The Morgan fingerprint density at radius 1 is 1.12 bits per heavy atom. The van der Waals surface area contributed by atoms with Gasteiger partial charge in [-0.3, -0.25) is 4.79 Å². The molecular weight excluding hydrogens is 346 g/mol. The molecule has 1 amide bonds. The summed E-state index contributed by atoms with van der Waals surface area (Å²) in [5, 5.41) is 3.41. The van der Waals surface area contributed by atoms with E-state index in [4.69, 9.17) is 21.1 Å². The summed E-state index contributed by atoms with van der Waals surface area (Å²) in [5.41, 5.74) is 1.78. The van der Waals surface area contributed by atoms with E-state index in [9.17, 15) is 4.79 Å². The number of carbonyl (C=O) groups excluding carboxylic acids is 1. The van der Waals surface area contributed by atoms with Crippen LogP contribution in [0.4, 0.5) is 5.69 Å². The Labute approximate surface area is 151 Å². The highest BCUT2D eigenvalue weighted by Crippen LogP contribution is 2.27. The van der Waals surface area contributed by atoms with Crippen molar-refractivity contribution in [2.24, 2.45) is 0 Å². The summed E-state index contributed by atoms with van der Waals surface area (Å²) in [7, 11) is 3.15. The van der Waals surface area contributed by atoms with Crippen LogP contribution in [0.5, 0.6) is 11.5 Å². The van der Waals surface area contributed by atoms with Crippen molar-refractivity contribution in [3.05, 3.63) is 53.1 Å². The SMILES string of the molecule is COc1cc(NC(=O)[C@H](C)SCc2ccc(Cl)cc2)cc(OC)c1. The quantitative estimate of drug-likeness (QED) is 0.777. The number of rotatable bonds is 7. The van der Waals surface area contributed by atoms with Crippen molar-refractivity contribution in [3.63, 3.8) is 0 Å². The number of amides is 1. The van der Waals surface area contributed by atoms with Gasteiger partial charge in [-0.2, -0.15) is 0 Å². The molecule has 2 aromatic carbocycles. The maximum Gasteiger partial charge on any atom is 0.237 e. The lowest BCUT2D eigenvalue weighted by atomic mass is 10.2. The first-order valence-electron chi connectivity index (χ1n) is 7.42. The summed E-state index contributed by atoms with van der Waals surface area (Å²) in [5.74, 6) is 1.94. The number of halogens is 1. The van der Waals surface area contributed by atoms with Crippen LogP contribution < -0.4 is 14.8 Å². The number of methoxy groups -OCH3 is 2. The van der Waals surface area contributed by atoms with Crippen LogP contribution in [-0.2, 0) is 10.5 Å². The van der Waals surface area contributed by atoms with E-state index in [0.717, 1.165) is 11.3 Å². The molecule has 6 heteroatoms. The lowest BCUT2D eigenvalue weighted by Crippen LogP contribution is -2.22. The Hall–Kier alpha value is -1.85. The van der Waals surface area contributed by atoms with E-state index in [1.165, 1.54) is 0 Å². The minimum absolute atomic E-state index is 0.0655. The van der Waals surface area contributed by atoms with Gasteiger partial charge in [-0.1, -0.05) is 23.7 Å². The summed E-state index contributed by atoms with van der Waals surface area (Å²) in [4.78, 5) is 12.4. The molecule has 0 aliphatic carbocycles. The van der Waals surface area contributed by atoms with Crippen LogP contribution in [-0.4, -0.2) is 25.4 Å². The van der Waals surface area contributed by atoms with Gasteiger partial charge in [0.2, 0.25) is 5.91 Å². The topological polar surface area (TPSA) is 47.6 Å². The summed E-state index contributed by atoms with van der Waals surface area (Å²) in [6.45, 7) is 1.88. The molecular formula is C18H20ClNO3S. The summed E-state index contributed by atoms with van der Waals surface area (Å²) in [6.07, 6.45) is 0. The van der Waals surface area contributed by atoms with Gasteiger partial charge in [0.05, 0.1) is 19.5 Å². The van der Waals surface area contributed by atoms with Gasteiger partial charge in [-0.15, -0.1) is 11.8 Å². The number of hydrogen-bond donors (Lipinski definition) is 1. The average molecular weight is 366 g/mol. The predicted octanol–water partition coefficient (Wildman–Crippen LogP) is 4.62. The molecule has 128 valence electrons. The van der Waals surface area contributed by atoms with Crippen molar-refractivity contribution in [2.75, 3.05) is 19.5 Å². The largest absolute Gasteiger partial charge is 0.497 e. The summed E-state index contributed by atoms with van der Waals surface area (Å²) < 4.78 is 10.4. The smallest absolute Gasteiger partial charge is 0.237 e. The molecule has 2 rings (SSSR count). The average Bonchev–Trinajstić information content (AvgIpc) is 2.60. The van der Waals surface area contributed by atoms with Gasteiger partial charge in [-0.05, 0) is 24.6 Å². The zero-order chi connectivity index (χ0) is 17.5. The fraction of sp³-hybridized carbons (Fsp3) is 0.278. The molecule has 24 heavy (non-hydrogen) atoms. The van der Waals surface area contributed by atoms with Crippen LogP contribution in [0.3, 0.4) is 0 Å².